The SMILES string of the molecule is O=C(c1ccncc1)N1CCC(Oc2cccc3cccnc23)CC1. The first-order valence-electron chi connectivity index (χ1n) is 8.51. The number of carbonyl (C=O) groups excluding carboxylic acids is 1. The first kappa shape index (κ1) is 15.6. The predicted molar refractivity (Wildman–Crippen MR) is 95.5 cm³/mol. The zero-order chi connectivity index (χ0) is 17.1. The standard InChI is InChI=1S/C20H19N3O2/c24-20(16-6-11-21-12-7-16)23-13-8-17(9-14-23)25-18-5-1-3-15-4-2-10-22-19(15)18/h1-7,10-12,17H,8-9,13-14H2. The number of fused-ring (bicyclic) bond motifs is 1. The maximum Gasteiger partial charge on any atom is 0.253 e. The lowest BCUT2D eigenvalue weighted by Crippen LogP contribution is -2.41. The number of likely N-dealkylation sites (tertiary alicyclic amines) is 1. The van der Waals surface area contributed by atoms with Crippen LogP contribution >= 0.6 is 0 Å². The number of hydrogen-bond donors (Lipinski definition) is 0. The quantitative estimate of drug-likeness (QED) is 0.738. The molecule has 1 aliphatic rings. The van der Waals surface area contributed by atoms with Gasteiger partial charge in [0, 0.05) is 55.5 Å². The fourth-order valence-corrected chi connectivity index (χ4v) is 3.20. The highest BCUT2D eigenvalue weighted by Gasteiger charge is 2.25. The zero-order valence-corrected chi connectivity index (χ0v) is 13.8. The summed E-state index contributed by atoms with van der Waals surface area (Å²) in [5.41, 5.74) is 1.58. The van der Waals surface area contributed by atoms with Gasteiger partial charge in [-0.1, -0.05) is 18.2 Å². The summed E-state index contributed by atoms with van der Waals surface area (Å²) in [4.78, 5) is 22.8. The summed E-state index contributed by atoms with van der Waals surface area (Å²) in [6.07, 6.45) is 6.83. The van der Waals surface area contributed by atoms with Crippen LogP contribution in [0.25, 0.3) is 10.9 Å². The lowest BCUT2D eigenvalue weighted by molar-refractivity contribution is 0.0597. The second-order valence-electron chi connectivity index (χ2n) is 6.18. The van der Waals surface area contributed by atoms with E-state index in [9.17, 15) is 4.79 Å². The van der Waals surface area contributed by atoms with Gasteiger partial charge in [0.1, 0.15) is 17.4 Å². The van der Waals surface area contributed by atoms with Gasteiger partial charge >= 0.3 is 0 Å². The fourth-order valence-electron chi connectivity index (χ4n) is 3.20. The van der Waals surface area contributed by atoms with E-state index in [2.05, 4.69) is 9.97 Å². The molecular weight excluding hydrogens is 314 g/mol. The Bertz CT molecular complexity index is 869. The molecule has 0 bridgehead atoms. The van der Waals surface area contributed by atoms with Crippen molar-refractivity contribution in [2.24, 2.45) is 0 Å². The second-order valence-corrected chi connectivity index (χ2v) is 6.18. The third kappa shape index (κ3) is 3.31. The van der Waals surface area contributed by atoms with Crippen molar-refractivity contribution in [3.63, 3.8) is 0 Å². The lowest BCUT2D eigenvalue weighted by atomic mass is 10.1. The average Bonchev–Trinajstić information content (AvgIpc) is 2.69. The minimum Gasteiger partial charge on any atom is -0.488 e. The normalized spacial score (nSPS) is 15.3. The number of benzene rings is 1. The smallest absolute Gasteiger partial charge is 0.253 e. The number of amides is 1. The van der Waals surface area contributed by atoms with E-state index in [4.69, 9.17) is 4.74 Å². The molecule has 1 fully saturated rings. The Labute approximate surface area is 146 Å². The van der Waals surface area contributed by atoms with Crippen molar-refractivity contribution in [2.45, 2.75) is 18.9 Å². The molecule has 5 heteroatoms. The molecule has 2 aromatic heterocycles. The maximum absolute atomic E-state index is 12.5. The van der Waals surface area contributed by atoms with E-state index in [0.717, 1.165) is 29.5 Å². The van der Waals surface area contributed by atoms with E-state index < -0.39 is 0 Å². The Kier molecular flexibility index (Phi) is 4.29. The minimum atomic E-state index is 0.0627. The Morgan fingerprint density at radius 2 is 1.76 bits per heavy atom. The molecule has 3 aromatic rings. The van der Waals surface area contributed by atoms with Crippen LogP contribution in [0.5, 0.6) is 5.75 Å². The van der Waals surface area contributed by atoms with E-state index in [1.54, 1.807) is 30.7 Å². The summed E-state index contributed by atoms with van der Waals surface area (Å²) in [7, 11) is 0. The van der Waals surface area contributed by atoms with E-state index in [1.807, 2.05) is 35.2 Å². The summed E-state index contributed by atoms with van der Waals surface area (Å²) >= 11 is 0. The van der Waals surface area contributed by atoms with Crippen LogP contribution in [-0.4, -0.2) is 40.0 Å². The van der Waals surface area contributed by atoms with Crippen molar-refractivity contribution in [3.05, 3.63) is 66.6 Å². The Morgan fingerprint density at radius 1 is 1.00 bits per heavy atom. The molecule has 0 aliphatic carbocycles. The molecular formula is C20H19N3O2. The number of hydrogen-bond acceptors (Lipinski definition) is 4. The van der Waals surface area contributed by atoms with Crippen molar-refractivity contribution in [1.29, 1.82) is 0 Å². The van der Waals surface area contributed by atoms with Crippen LogP contribution in [0.2, 0.25) is 0 Å². The molecule has 0 N–H and O–H groups in total. The molecule has 126 valence electrons. The van der Waals surface area contributed by atoms with Crippen LogP contribution in [0.3, 0.4) is 0 Å². The van der Waals surface area contributed by atoms with Crippen molar-refractivity contribution >= 4 is 16.8 Å². The van der Waals surface area contributed by atoms with Gasteiger partial charge in [0.15, 0.2) is 0 Å². The van der Waals surface area contributed by atoms with Gasteiger partial charge in [-0.2, -0.15) is 0 Å². The highest BCUT2D eigenvalue weighted by molar-refractivity contribution is 5.94. The minimum absolute atomic E-state index is 0.0627. The van der Waals surface area contributed by atoms with Gasteiger partial charge in [0.25, 0.3) is 5.91 Å². The summed E-state index contributed by atoms with van der Waals surface area (Å²) in [6.45, 7) is 1.40. The molecule has 0 saturated carbocycles. The van der Waals surface area contributed by atoms with Gasteiger partial charge in [-0.05, 0) is 24.3 Å². The lowest BCUT2D eigenvalue weighted by Gasteiger charge is -2.32. The van der Waals surface area contributed by atoms with Gasteiger partial charge in [0.2, 0.25) is 0 Å². The molecule has 0 atom stereocenters. The molecule has 1 saturated heterocycles. The van der Waals surface area contributed by atoms with Gasteiger partial charge in [-0.3, -0.25) is 14.8 Å². The van der Waals surface area contributed by atoms with E-state index >= 15 is 0 Å². The predicted octanol–water partition coefficient (Wildman–Crippen LogP) is 3.31. The van der Waals surface area contributed by atoms with Crippen LogP contribution in [0.1, 0.15) is 23.2 Å². The molecule has 0 spiro atoms. The first-order chi connectivity index (χ1) is 12.3. The average molecular weight is 333 g/mol. The number of nitrogens with zero attached hydrogens (tertiary/aromatic N) is 3. The van der Waals surface area contributed by atoms with Gasteiger partial charge in [-0.25, -0.2) is 0 Å². The number of pyridine rings is 2. The van der Waals surface area contributed by atoms with Crippen LogP contribution < -0.4 is 4.74 Å². The number of carbonyl (C=O) groups is 1. The van der Waals surface area contributed by atoms with Crippen molar-refractivity contribution in [1.82, 2.24) is 14.9 Å². The van der Waals surface area contributed by atoms with Crippen LogP contribution in [-0.2, 0) is 0 Å². The van der Waals surface area contributed by atoms with E-state index in [-0.39, 0.29) is 12.0 Å². The largest absolute Gasteiger partial charge is 0.488 e. The summed E-state index contributed by atoms with van der Waals surface area (Å²) in [6, 6.07) is 13.5. The molecule has 3 heterocycles. The molecule has 1 aromatic carbocycles. The summed E-state index contributed by atoms with van der Waals surface area (Å²) < 4.78 is 6.19. The zero-order valence-electron chi connectivity index (χ0n) is 13.8. The maximum atomic E-state index is 12.5. The van der Waals surface area contributed by atoms with E-state index in [0.29, 0.717) is 18.7 Å². The summed E-state index contributed by atoms with van der Waals surface area (Å²) in [5, 5.41) is 1.07. The van der Waals surface area contributed by atoms with Crippen molar-refractivity contribution in [2.75, 3.05) is 13.1 Å². The Balaban J connectivity index is 1.41. The summed E-state index contributed by atoms with van der Waals surface area (Å²) in [5.74, 6) is 0.879. The number of para-hydroxylation sites is 1. The monoisotopic (exact) mass is 333 g/mol. The van der Waals surface area contributed by atoms with E-state index in [1.165, 1.54) is 0 Å². The molecule has 1 amide bonds. The van der Waals surface area contributed by atoms with Crippen LogP contribution in [0.4, 0.5) is 0 Å². The topological polar surface area (TPSA) is 55.3 Å². The third-order valence-electron chi connectivity index (χ3n) is 4.55. The number of rotatable bonds is 3. The molecule has 25 heavy (non-hydrogen) atoms. The van der Waals surface area contributed by atoms with Crippen molar-refractivity contribution < 1.29 is 9.53 Å². The van der Waals surface area contributed by atoms with Crippen LogP contribution in [0.15, 0.2) is 61.1 Å². The second kappa shape index (κ2) is 6.89. The number of ether oxygens (including phenoxy) is 1. The molecule has 0 radical (unpaired) electrons. The highest BCUT2D eigenvalue weighted by Crippen LogP contribution is 2.26. The Morgan fingerprint density at radius 3 is 2.56 bits per heavy atom. The molecule has 4 rings (SSSR count). The number of aromatic nitrogens is 2. The van der Waals surface area contributed by atoms with Crippen LogP contribution in [0, 0.1) is 0 Å². The third-order valence-corrected chi connectivity index (χ3v) is 4.55. The van der Waals surface area contributed by atoms with Gasteiger partial charge in [0.05, 0.1) is 0 Å². The van der Waals surface area contributed by atoms with Gasteiger partial charge < -0.3 is 9.64 Å². The number of piperidine rings is 1. The fraction of sp³-hybridized carbons (Fsp3) is 0.250. The first-order valence-corrected chi connectivity index (χ1v) is 8.51. The Hall–Kier alpha value is -2.95. The molecule has 5 nitrogen and oxygen atoms in total. The van der Waals surface area contributed by atoms with Crippen molar-refractivity contribution in [3.8, 4) is 5.75 Å². The molecule has 1 aliphatic heterocycles. The van der Waals surface area contributed by atoms with Gasteiger partial charge in [-0.15, -0.1) is 0 Å². The highest BCUT2D eigenvalue weighted by atomic mass is 16.5. The molecule has 0 unspecified atom stereocenters.